The average Bonchev–Trinajstić information content (AvgIpc) is 2.25. The van der Waals surface area contributed by atoms with Gasteiger partial charge in [-0.2, -0.15) is 0 Å². The molecule has 75 valence electrons. The van der Waals surface area contributed by atoms with Crippen LogP contribution >= 0.6 is 0 Å². The lowest BCUT2D eigenvalue weighted by Crippen LogP contribution is -2.13. The second-order valence-corrected chi connectivity index (χ2v) is 2.90. The molecule has 0 aliphatic heterocycles. The van der Waals surface area contributed by atoms with Crippen molar-refractivity contribution in [1.29, 1.82) is 0 Å². The molecule has 1 radical (unpaired) electrons. The average molecular weight is 192 g/mol. The summed E-state index contributed by atoms with van der Waals surface area (Å²) >= 11 is 0. The molecule has 3 heteroatoms. The highest BCUT2D eigenvalue weighted by Crippen LogP contribution is 2.01. The van der Waals surface area contributed by atoms with Gasteiger partial charge in [-0.3, -0.25) is 4.79 Å². The highest BCUT2D eigenvalue weighted by atomic mass is 16.5. The molecule has 0 spiro atoms. The third kappa shape index (κ3) is 4.05. The van der Waals surface area contributed by atoms with Gasteiger partial charge in [-0.1, -0.05) is 30.3 Å². The van der Waals surface area contributed by atoms with Gasteiger partial charge in [0.2, 0.25) is 0 Å². The fourth-order valence-electron chi connectivity index (χ4n) is 1.00. The molecule has 0 saturated heterocycles. The Kier molecular flexibility index (Phi) is 4.72. The third-order valence-corrected chi connectivity index (χ3v) is 1.75. The van der Waals surface area contributed by atoms with Crippen LogP contribution in [-0.4, -0.2) is 12.5 Å². The van der Waals surface area contributed by atoms with E-state index in [1.54, 1.807) is 0 Å². The number of carbonyl (C=O) groups is 1. The van der Waals surface area contributed by atoms with E-state index in [2.05, 4.69) is 12.4 Å². The van der Waals surface area contributed by atoms with Gasteiger partial charge < -0.3 is 10.1 Å². The molecule has 0 aromatic heterocycles. The number of ether oxygens (including phenoxy) is 1. The first kappa shape index (κ1) is 10.7. The van der Waals surface area contributed by atoms with Gasteiger partial charge in [0.25, 0.3) is 0 Å². The molecule has 0 fully saturated rings. The normalized spacial score (nSPS) is 9.79. The zero-order chi connectivity index (χ0) is 10.2. The molecule has 0 aliphatic rings. The summed E-state index contributed by atoms with van der Waals surface area (Å²) in [6.45, 7) is 0.893. The van der Waals surface area contributed by atoms with Crippen molar-refractivity contribution in [3.63, 3.8) is 0 Å². The van der Waals surface area contributed by atoms with Gasteiger partial charge >= 0.3 is 5.97 Å². The fraction of sp³-hybridized carbons (Fsp3) is 0.273. The van der Waals surface area contributed by atoms with Crippen LogP contribution < -0.4 is 5.32 Å². The van der Waals surface area contributed by atoms with Gasteiger partial charge in [-0.25, -0.2) is 0 Å². The summed E-state index contributed by atoms with van der Waals surface area (Å²) in [4.78, 5) is 11.1. The van der Waals surface area contributed by atoms with Crippen LogP contribution in [0.2, 0.25) is 0 Å². The van der Waals surface area contributed by atoms with E-state index in [1.165, 1.54) is 0 Å². The summed E-state index contributed by atoms with van der Waals surface area (Å²) in [6, 6.07) is 9.61. The number of rotatable bonds is 5. The summed E-state index contributed by atoms with van der Waals surface area (Å²) in [5, 5.41) is 2.65. The Labute approximate surface area is 84.1 Å². The van der Waals surface area contributed by atoms with E-state index in [1.807, 2.05) is 30.3 Å². The van der Waals surface area contributed by atoms with E-state index in [0.29, 0.717) is 19.6 Å². The zero-order valence-corrected chi connectivity index (χ0v) is 8.03. The van der Waals surface area contributed by atoms with Crippen molar-refractivity contribution in [2.75, 3.05) is 6.54 Å². The lowest BCUT2D eigenvalue weighted by Gasteiger charge is -2.04. The minimum atomic E-state index is -0.204. The molecular weight excluding hydrogens is 178 g/mol. The van der Waals surface area contributed by atoms with Crippen LogP contribution in [0.15, 0.2) is 30.3 Å². The highest BCUT2D eigenvalue weighted by Gasteiger charge is 2.01. The van der Waals surface area contributed by atoms with E-state index in [4.69, 9.17) is 4.74 Å². The maximum Gasteiger partial charge on any atom is 0.307 e. The number of esters is 1. The van der Waals surface area contributed by atoms with Crippen molar-refractivity contribution in [2.45, 2.75) is 13.0 Å². The molecule has 14 heavy (non-hydrogen) atoms. The lowest BCUT2D eigenvalue weighted by atomic mass is 10.2. The Hall–Kier alpha value is -1.35. The molecule has 0 atom stereocenters. The molecule has 0 unspecified atom stereocenters. The molecule has 0 bridgehead atoms. The van der Waals surface area contributed by atoms with Crippen LogP contribution in [0.5, 0.6) is 0 Å². The quantitative estimate of drug-likeness (QED) is 0.718. The van der Waals surface area contributed by atoms with E-state index in [0.717, 1.165) is 5.56 Å². The molecule has 1 aromatic rings. The summed E-state index contributed by atoms with van der Waals surface area (Å²) in [7, 11) is 3.42. The molecular formula is C11H14NO2. The summed E-state index contributed by atoms with van der Waals surface area (Å²) in [5.41, 5.74) is 1.00. The predicted octanol–water partition coefficient (Wildman–Crippen LogP) is 1.50. The van der Waals surface area contributed by atoms with Crippen molar-refractivity contribution in [3.05, 3.63) is 42.9 Å². The van der Waals surface area contributed by atoms with Crippen molar-refractivity contribution in [2.24, 2.45) is 0 Å². The number of hydrogen-bond acceptors (Lipinski definition) is 3. The first-order valence-electron chi connectivity index (χ1n) is 4.52. The van der Waals surface area contributed by atoms with Crippen LogP contribution in [0, 0.1) is 7.05 Å². The monoisotopic (exact) mass is 192 g/mol. The second kappa shape index (κ2) is 6.16. The molecule has 0 aliphatic carbocycles. The van der Waals surface area contributed by atoms with Gasteiger partial charge in [0.05, 0.1) is 6.42 Å². The van der Waals surface area contributed by atoms with E-state index in [-0.39, 0.29) is 5.97 Å². The molecule has 1 N–H and O–H groups in total. The Morgan fingerprint density at radius 1 is 1.36 bits per heavy atom. The smallest absolute Gasteiger partial charge is 0.307 e. The van der Waals surface area contributed by atoms with Gasteiger partial charge in [-0.15, -0.1) is 0 Å². The lowest BCUT2D eigenvalue weighted by molar-refractivity contribution is -0.144. The number of nitrogens with one attached hydrogen (secondary N) is 1. The second-order valence-electron chi connectivity index (χ2n) is 2.90. The van der Waals surface area contributed by atoms with Crippen molar-refractivity contribution in [1.82, 2.24) is 5.32 Å². The Morgan fingerprint density at radius 3 is 2.71 bits per heavy atom. The molecule has 1 rings (SSSR count). The van der Waals surface area contributed by atoms with Gasteiger partial charge in [0.15, 0.2) is 0 Å². The van der Waals surface area contributed by atoms with Gasteiger partial charge in [-0.05, 0) is 5.56 Å². The molecule has 0 amide bonds. The topological polar surface area (TPSA) is 38.3 Å². The number of hydrogen-bond donors (Lipinski definition) is 1. The van der Waals surface area contributed by atoms with Crippen LogP contribution in [-0.2, 0) is 16.1 Å². The van der Waals surface area contributed by atoms with E-state index >= 15 is 0 Å². The first-order valence-corrected chi connectivity index (χ1v) is 4.52. The largest absolute Gasteiger partial charge is 0.461 e. The Morgan fingerprint density at radius 2 is 2.07 bits per heavy atom. The first-order chi connectivity index (χ1) is 6.83. The van der Waals surface area contributed by atoms with Crippen LogP contribution in [0.25, 0.3) is 0 Å². The highest BCUT2D eigenvalue weighted by molar-refractivity contribution is 5.69. The zero-order valence-electron chi connectivity index (χ0n) is 8.03. The Balaban J connectivity index is 2.24. The van der Waals surface area contributed by atoms with E-state index in [9.17, 15) is 4.79 Å². The summed E-state index contributed by atoms with van der Waals surface area (Å²) < 4.78 is 5.02. The Bertz CT molecular complexity index is 272. The third-order valence-electron chi connectivity index (χ3n) is 1.75. The van der Waals surface area contributed by atoms with Crippen LogP contribution in [0.1, 0.15) is 12.0 Å². The molecule has 0 heterocycles. The SMILES string of the molecule is [CH2]NCCC(=O)OCc1ccccc1. The summed E-state index contributed by atoms with van der Waals surface area (Å²) in [5.74, 6) is -0.204. The van der Waals surface area contributed by atoms with Gasteiger partial charge in [0.1, 0.15) is 6.61 Å². The van der Waals surface area contributed by atoms with Gasteiger partial charge in [0, 0.05) is 13.6 Å². The maximum absolute atomic E-state index is 11.1. The van der Waals surface area contributed by atoms with Crippen LogP contribution in [0.3, 0.4) is 0 Å². The standard InChI is InChI=1S/C11H14NO2/c1-12-8-7-11(13)14-9-10-5-3-2-4-6-10/h2-6,12H,1,7-9H2. The van der Waals surface area contributed by atoms with Crippen molar-refractivity contribution in [3.8, 4) is 0 Å². The van der Waals surface area contributed by atoms with Crippen molar-refractivity contribution >= 4 is 5.97 Å². The number of carbonyl (C=O) groups excluding carboxylic acids is 1. The minimum absolute atomic E-state index is 0.204. The predicted molar refractivity (Wildman–Crippen MR) is 54.2 cm³/mol. The van der Waals surface area contributed by atoms with Crippen LogP contribution in [0.4, 0.5) is 0 Å². The molecule has 3 nitrogen and oxygen atoms in total. The molecule has 0 saturated carbocycles. The minimum Gasteiger partial charge on any atom is -0.461 e. The van der Waals surface area contributed by atoms with Crippen molar-refractivity contribution < 1.29 is 9.53 Å². The fourth-order valence-corrected chi connectivity index (χ4v) is 1.00. The maximum atomic E-state index is 11.1. The van der Waals surface area contributed by atoms with E-state index < -0.39 is 0 Å². The number of benzene rings is 1. The summed E-state index contributed by atoms with van der Waals surface area (Å²) in [6.07, 6.45) is 0.357. The molecule has 1 aromatic carbocycles.